The molecule has 1 spiro atoms. The van der Waals surface area contributed by atoms with Gasteiger partial charge in [-0.3, -0.25) is 0 Å². The van der Waals surface area contributed by atoms with Crippen molar-refractivity contribution in [1.82, 2.24) is 27.2 Å². The van der Waals surface area contributed by atoms with E-state index >= 15 is 0 Å². The van der Waals surface area contributed by atoms with Crippen molar-refractivity contribution >= 4 is 15.7 Å². The molecule has 7 N–H and O–H groups in total. The maximum atomic E-state index is 13.6. The van der Waals surface area contributed by atoms with Crippen LogP contribution in [0.4, 0.5) is 18.9 Å². The van der Waals surface area contributed by atoms with Crippen LogP contribution >= 0.6 is 0 Å². The number of hydrogen-bond acceptors (Lipinski definition) is 8. The second kappa shape index (κ2) is 7.89. The predicted molar refractivity (Wildman–Crippen MR) is 104 cm³/mol. The molecule has 0 aromatic heterocycles. The zero-order valence-corrected chi connectivity index (χ0v) is 17.1. The molecule has 0 aliphatic carbocycles. The van der Waals surface area contributed by atoms with Crippen molar-refractivity contribution in [3.63, 3.8) is 0 Å². The molecule has 13 heteroatoms. The van der Waals surface area contributed by atoms with Crippen molar-refractivity contribution in [2.24, 2.45) is 10.6 Å². The van der Waals surface area contributed by atoms with Gasteiger partial charge in [-0.15, -0.1) is 0 Å². The summed E-state index contributed by atoms with van der Waals surface area (Å²) in [5, 5.41) is 8.72. The van der Waals surface area contributed by atoms with Gasteiger partial charge in [0, 0.05) is 30.9 Å². The number of nitrogens with two attached hydrogens (primary N) is 1. The number of nitrogens with one attached hydrogen (secondary N) is 5. The van der Waals surface area contributed by atoms with Gasteiger partial charge in [0.05, 0.1) is 5.56 Å². The number of halogens is 3. The zero-order valence-electron chi connectivity index (χ0n) is 16.3. The number of anilines is 1. The quantitative estimate of drug-likeness (QED) is 0.393. The second-order valence-corrected chi connectivity index (χ2v) is 9.66. The van der Waals surface area contributed by atoms with E-state index in [1.54, 1.807) is 0 Å². The van der Waals surface area contributed by atoms with Crippen LogP contribution in [0.3, 0.4) is 0 Å². The summed E-state index contributed by atoms with van der Waals surface area (Å²) in [4.78, 5) is 1.04. The highest BCUT2D eigenvalue weighted by molar-refractivity contribution is 7.89. The summed E-state index contributed by atoms with van der Waals surface area (Å²) in [7, 11) is -4.67. The highest BCUT2D eigenvalue weighted by Crippen LogP contribution is 2.44. The van der Waals surface area contributed by atoms with Crippen LogP contribution in [0.2, 0.25) is 0 Å². The van der Waals surface area contributed by atoms with Crippen molar-refractivity contribution in [3.05, 3.63) is 23.3 Å². The maximum absolute atomic E-state index is 13.6. The Morgan fingerprint density at radius 2 is 1.77 bits per heavy atom. The lowest BCUT2D eigenvalue weighted by Gasteiger charge is -2.45. The summed E-state index contributed by atoms with van der Waals surface area (Å²) >= 11 is 0. The van der Waals surface area contributed by atoms with Crippen LogP contribution in [0.5, 0.6) is 0 Å². The Bertz CT molecular complexity index is 887. The number of primary sulfonamides is 1. The molecule has 3 fully saturated rings. The first kappa shape index (κ1) is 21.7. The molecule has 0 radical (unpaired) electrons. The highest BCUT2D eigenvalue weighted by atomic mass is 32.2. The topological polar surface area (TPSA) is 124 Å². The average Bonchev–Trinajstić information content (AvgIpc) is 3.21. The normalized spacial score (nSPS) is 23.3. The molecule has 30 heavy (non-hydrogen) atoms. The highest BCUT2D eigenvalue weighted by Gasteiger charge is 2.42. The molecule has 3 aliphatic heterocycles. The number of piperidine rings is 2. The Hall–Kier alpha value is -1.48. The van der Waals surface area contributed by atoms with Crippen molar-refractivity contribution in [3.8, 4) is 0 Å². The first-order valence-corrected chi connectivity index (χ1v) is 11.4. The lowest BCUT2D eigenvalue weighted by Crippen LogP contribution is -2.48. The van der Waals surface area contributed by atoms with Crippen molar-refractivity contribution in [2.75, 3.05) is 31.1 Å². The largest absolute Gasteiger partial charge is 0.417 e. The van der Waals surface area contributed by atoms with Crippen LogP contribution in [0.1, 0.15) is 43.0 Å². The number of nitrogens with zero attached hydrogens (tertiary/aromatic N) is 1. The first-order valence-electron chi connectivity index (χ1n) is 9.84. The fourth-order valence-corrected chi connectivity index (χ4v) is 5.77. The Kier molecular flexibility index (Phi) is 5.72. The van der Waals surface area contributed by atoms with Gasteiger partial charge in [0.2, 0.25) is 10.0 Å². The van der Waals surface area contributed by atoms with Gasteiger partial charge in [-0.1, -0.05) is 0 Å². The van der Waals surface area contributed by atoms with Gasteiger partial charge in [0.1, 0.15) is 11.1 Å². The SMILES string of the molecule is NS(=O)(=O)c1c(C(F)(F)F)ccc(N2CCC3(CCCNC3)CC2)c1C1NNNN1. The Morgan fingerprint density at radius 3 is 2.30 bits per heavy atom. The minimum atomic E-state index is -4.87. The lowest BCUT2D eigenvalue weighted by atomic mass is 9.73. The number of hydrogen-bond donors (Lipinski definition) is 6. The Morgan fingerprint density at radius 1 is 1.10 bits per heavy atom. The van der Waals surface area contributed by atoms with E-state index in [-0.39, 0.29) is 11.0 Å². The number of rotatable bonds is 3. The Balaban J connectivity index is 1.76. The van der Waals surface area contributed by atoms with Gasteiger partial charge in [0.15, 0.2) is 0 Å². The molecule has 1 aromatic carbocycles. The molecule has 0 bridgehead atoms. The van der Waals surface area contributed by atoms with Crippen molar-refractivity contribution < 1.29 is 21.6 Å². The maximum Gasteiger partial charge on any atom is 0.417 e. The molecule has 4 rings (SSSR count). The molecule has 3 heterocycles. The minimum Gasteiger partial charge on any atom is -0.371 e. The fourth-order valence-electron chi connectivity index (χ4n) is 4.75. The molecule has 168 valence electrons. The van der Waals surface area contributed by atoms with E-state index in [2.05, 4.69) is 27.2 Å². The van der Waals surface area contributed by atoms with Crippen molar-refractivity contribution in [1.29, 1.82) is 0 Å². The van der Waals surface area contributed by atoms with E-state index < -0.39 is 32.8 Å². The van der Waals surface area contributed by atoms with Crippen molar-refractivity contribution in [2.45, 2.75) is 42.9 Å². The second-order valence-electron chi connectivity index (χ2n) is 8.16. The van der Waals surface area contributed by atoms with Gasteiger partial charge in [0.25, 0.3) is 0 Å². The van der Waals surface area contributed by atoms with Crippen LogP contribution < -0.4 is 37.3 Å². The zero-order chi connectivity index (χ0) is 21.6. The predicted octanol–water partition coefficient (Wildman–Crippen LogP) is 0.438. The average molecular weight is 450 g/mol. The molecular formula is C17H26F3N7O2S. The summed E-state index contributed by atoms with van der Waals surface area (Å²) in [5.74, 6) is 0. The summed E-state index contributed by atoms with van der Waals surface area (Å²) in [6, 6.07) is 2.15. The van der Waals surface area contributed by atoms with Crippen LogP contribution in [-0.4, -0.2) is 34.6 Å². The summed E-state index contributed by atoms with van der Waals surface area (Å²) in [6.45, 7) is 3.18. The number of alkyl halides is 3. The monoisotopic (exact) mass is 449 g/mol. The van der Waals surface area contributed by atoms with Gasteiger partial charge in [-0.25, -0.2) is 24.4 Å². The summed E-state index contributed by atoms with van der Waals surface area (Å²) in [6.07, 6.45) is -1.80. The number of benzene rings is 1. The number of hydrazine groups is 3. The van der Waals surface area contributed by atoms with Gasteiger partial charge >= 0.3 is 6.18 Å². The van der Waals surface area contributed by atoms with Gasteiger partial charge in [-0.2, -0.15) is 24.2 Å². The van der Waals surface area contributed by atoms with E-state index in [4.69, 9.17) is 5.14 Å². The first-order chi connectivity index (χ1) is 14.1. The molecule has 1 aromatic rings. The van der Waals surface area contributed by atoms with E-state index in [1.807, 2.05) is 4.90 Å². The third-order valence-corrected chi connectivity index (χ3v) is 7.28. The third kappa shape index (κ3) is 4.15. The molecule has 0 amide bonds. The van der Waals surface area contributed by atoms with Crippen LogP contribution in [0.25, 0.3) is 0 Å². The van der Waals surface area contributed by atoms with Gasteiger partial charge in [-0.05, 0) is 49.8 Å². The fraction of sp³-hybridized carbons (Fsp3) is 0.647. The summed E-state index contributed by atoms with van der Waals surface area (Å²) < 4.78 is 65.6. The Labute approximate surface area is 172 Å². The molecule has 0 saturated carbocycles. The van der Waals surface area contributed by atoms with Crippen LogP contribution in [-0.2, 0) is 16.2 Å². The lowest BCUT2D eigenvalue weighted by molar-refractivity contribution is -0.140. The third-order valence-electron chi connectivity index (χ3n) is 6.27. The molecular weight excluding hydrogens is 423 g/mol. The number of sulfonamides is 1. The molecule has 3 saturated heterocycles. The molecule has 3 aliphatic rings. The molecule has 0 unspecified atom stereocenters. The smallest absolute Gasteiger partial charge is 0.371 e. The van der Waals surface area contributed by atoms with Crippen LogP contribution in [0, 0.1) is 5.41 Å². The minimum absolute atomic E-state index is 0.0532. The van der Waals surface area contributed by atoms with E-state index in [1.165, 1.54) is 6.07 Å². The van der Waals surface area contributed by atoms with E-state index in [9.17, 15) is 21.6 Å². The molecule has 9 nitrogen and oxygen atoms in total. The van der Waals surface area contributed by atoms with E-state index in [0.717, 1.165) is 44.8 Å². The summed E-state index contributed by atoms with van der Waals surface area (Å²) in [5.41, 5.74) is 9.75. The van der Waals surface area contributed by atoms with Gasteiger partial charge < -0.3 is 10.2 Å². The van der Waals surface area contributed by atoms with Crippen LogP contribution in [0.15, 0.2) is 17.0 Å². The molecule has 0 atom stereocenters. The standard InChI is InChI=1S/C17H26F3N7O2S/c18-17(19,20)11-2-3-12(13(14(11)30(21,28)29)15-23-25-26-24-15)27-8-5-16(6-9-27)4-1-7-22-10-16/h2-3,15,22-26H,1,4-10H2,(H2,21,28,29). The van der Waals surface area contributed by atoms with E-state index in [0.29, 0.717) is 18.8 Å².